The van der Waals surface area contributed by atoms with E-state index in [0.29, 0.717) is 27.8 Å². The molecular formula is C14H20Cl2. The summed E-state index contributed by atoms with van der Waals surface area (Å²) in [7, 11) is 0. The van der Waals surface area contributed by atoms with E-state index in [1.807, 2.05) is 12.1 Å². The standard InChI is InChI=1S/C14H20Cl2/c1-9(2)7-12(10(3)4)11-5-6-13(15)14(16)8-11/h5-6,8-10,12H,7H2,1-4H3. The van der Waals surface area contributed by atoms with Crippen molar-refractivity contribution >= 4 is 23.2 Å². The van der Waals surface area contributed by atoms with Crippen LogP contribution >= 0.6 is 23.2 Å². The maximum atomic E-state index is 6.07. The van der Waals surface area contributed by atoms with Gasteiger partial charge in [-0.1, -0.05) is 57.0 Å². The number of hydrogen-bond acceptors (Lipinski definition) is 0. The van der Waals surface area contributed by atoms with E-state index in [9.17, 15) is 0 Å². The highest BCUT2D eigenvalue weighted by Gasteiger charge is 2.18. The minimum absolute atomic E-state index is 0.565. The van der Waals surface area contributed by atoms with Crippen LogP contribution in [0.25, 0.3) is 0 Å². The van der Waals surface area contributed by atoms with Gasteiger partial charge in [-0.2, -0.15) is 0 Å². The fourth-order valence-corrected chi connectivity index (χ4v) is 2.35. The molecule has 1 aromatic rings. The molecule has 0 saturated heterocycles. The van der Waals surface area contributed by atoms with E-state index in [-0.39, 0.29) is 0 Å². The quantitative estimate of drug-likeness (QED) is 0.643. The SMILES string of the molecule is CC(C)CC(c1ccc(Cl)c(Cl)c1)C(C)C. The first-order chi connectivity index (χ1) is 7.41. The van der Waals surface area contributed by atoms with Gasteiger partial charge in [0.1, 0.15) is 0 Å². The third kappa shape index (κ3) is 3.68. The van der Waals surface area contributed by atoms with Gasteiger partial charge in [0.15, 0.2) is 0 Å². The summed E-state index contributed by atoms with van der Waals surface area (Å²) < 4.78 is 0. The Balaban J connectivity index is 2.97. The number of rotatable bonds is 4. The average molecular weight is 259 g/mol. The van der Waals surface area contributed by atoms with Crippen LogP contribution in [0, 0.1) is 11.8 Å². The third-order valence-electron chi connectivity index (χ3n) is 2.90. The van der Waals surface area contributed by atoms with Gasteiger partial charge in [0.05, 0.1) is 10.0 Å². The van der Waals surface area contributed by atoms with E-state index in [2.05, 4.69) is 33.8 Å². The van der Waals surface area contributed by atoms with E-state index >= 15 is 0 Å². The molecule has 0 bridgehead atoms. The molecule has 1 rings (SSSR count). The second-order valence-electron chi connectivity index (χ2n) is 5.15. The Morgan fingerprint density at radius 3 is 2.06 bits per heavy atom. The molecule has 2 heteroatoms. The Labute approximate surface area is 109 Å². The molecule has 1 atom stereocenters. The first kappa shape index (κ1) is 13.9. The van der Waals surface area contributed by atoms with Crippen LogP contribution in [0.3, 0.4) is 0 Å². The van der Waals surface area contributed by atoms with E-state index < -0.39 is 0 Å². The van der Waals surface area contributed by atoms with Gasteiger partial charge in [0, 0.05) is 0 Å². The maximum Gasteiger partial charge on any atom is 0.0595 e. The van der Waals surface area contributed by atoms with E-state index in [0.717, 1.165) is 0 Å². The van der Waals surface area contributed by atoms with Crippen LogP contribution in [0.5, 0.6) is 0 Å². The Bertz CT molecular complexity index is 343. The van der Waals surface area contributed by atoms with Gasteiger partial charge < -0.3 is 0 Å². The fraction of sp³-hybridized carbons (Fsp3) is 0.571. The molecule has 1 aromatic carbocycles. The van der Waals surface area contributed by atoms with E-state index in [1.165, 1.54) is 12.0 Å². The second-order valence-corrected chi connectivity index (χ2v) is 5.97. The highest BCUT2D eigenvalue weighted by atomic mass is 35.5. The fourth-order valence-electron chi connectivity index (χ4n) is 2.04. The predicted molar refractivity (Wildman–Crippen MR) is 73.5 cm³/mol. The van der Waals surface area contributed by atoms with Crippen LogP contribution in [0.15, 0.2) is 18.2 Å². The average Bonchev–Trinajstić information content (AvgIpc) is 2.18. The summed E-state index contributed by atoms with van der Waals surface area (Å²) in [6, 6.07) is 6.01. The maximum absolute atomic E-state index is 6.07. The lowest BCUT2D eigenvalue weighted by Crippen LogP contribution is -2.09. The number of halogens is 2. The minimum Gasteiger partial charge on any atom is -0.0827 e. The third-order valence-corrected chi connectivity index (χ3v) is 3.64. The number of benzene rings is 1. The predicted octanol–water partition coefficient (Wildman–Crippen LogP) is 5.78. The molecule has 0 amide bonds. The molecule has 0 aliphatic heterocycles. The molecule has 0 N–H and O–H groups in total. The normalized spacial score (nSPS) is 13.5. The lowest BCUT2D eigenvalue weighted by molar-refractivity contribution is 0.408. The monoisotopic (exact) mass is 258 g/mol. The first-order valence-electron chi connectivity index (χ1n) is 5.86. The Hall–Kier alpha value is -0.200. The second kappa shape index (κ2) is 5.93. The molecule has 1 unspecified atom stereocenters. The number of hydrogen-bond donors (Lipinski definition) is 0. The molecule has 0 radical (unpaired) electrons. The van der Waals surface area contributed by atoms with Gasteiger partial charge in [-0.05, 0) is 41.9 Å². The summed E-state index contributed by atoms with van der Waals surface area (Å²) in [4.78, 5) is 0. The van der Waals surface area contributed by atoms with E-state index in [1.54, 1.807) is 0 Å². The minimum atomic E-state index is 0.565. The highest BCUT2D eigenvalue weighted by Crippen LogP contribution is 2.34. The Morgan fingerprint density at radius 1 is 1.00 bits per heavy atom. The van der Waals surface area contributed by atoms with Crippen molar-refractivity contribution in [3.8, 4) is 0 Å². The zero-order valence-electron chi connectivity index (χ0n) is 10.4. The summed E-state index contributed by atoms with van der Waals surface area (Å²) in [6.45, 7) is 9.03. The Morgan fingerprint density at radius 2 is 1.62 bits per heavy atom. The smallest absolute Gasteiger partial charge is 0.0595 e. The van der Waals surface area contributed by atoms with Gasteiger partial charge in [-0.3, -0.25) is 0 Å². The van der Waals surface area contributed by atoms with Crippen molar-refractivity contribution in [2.45, 2.75) is 40.0 Å². The van der Waals surface area contributed by atoms with Crippen molar-refractivity contribution in [1.82, 2.24) is 0 Å². The van der Waals surface area contributed by atoms with Crippen LogP contribution < -0.4 is 0 Å². The van der Waals surface area contributed by atoms with Crippen LogP contribution in [0.4, 0.5) is 0 Å². The summed E-state index contributed by atoms with van der Waals surface area (Å²) in [6.07, 6.45) is 1.19. The zero-order chi connectivity index (χ0) is 12.3. The topological polar surface area (TPSA) is 0 Å². The Kier molecular flexibility index (Phi) is 5.14. The highest BCUT2D eigenvalue weighted by molar-refractivity contribution is 6.42. The van der Waals surface area contributed by atoms with Gasteiger partial charge >= 0.3 is 0 Å². The molecule has 0 saturated carbocycles. The largest absolute Gasteiger partial charge is 0.0827 e. The summed E-state index contributed by atoms with van der Waals surface area (Å²) in [5.41, 5.74) is 1.30. The van der Waals surface area contributed by atoms with Crippen LogP contribution in [0.1, 0.15) is 45.6 Å². The van der Waals surface area contributed by atoms with Crippen LogP contribution in [-0.4, -0.2) is 0 Å². The van der Waals surface area contributed by atoms with Crippen molar-refractivity contribution < 1.29 is 0 Å². The first-order valence-corrected chi connectivity index (χ1v) is 6.62. The molecule has 16 heavy (non-hydrogen) atoms. The van der Waals surface area contributed by atoms with Crippen molar-refractivity contribution in [3.63, 3.8) is 0 Å². The van der Waals surface area contributed by atoms with Crippen LogP contribution in [0.2, 0.25) is 10.0 Å². The summed E-state index contributed by atoms with van der Waals surface area (Å²) in [5.74, 6) is 1.89. The lowest BCUT2D eigenvalue weighted by atomic mass is 9.82. The van der Waals surface area contributed by atoms with E-state index in [4.69, 9.17) is 23.2 Å². The van der Waals surface area contributed by atoms with Crippen LogP contribution in [-0.2, 0) is 0 Å². The van der Waals surface area contributed by atoms with Gasteiger partial charge in [-0.25, -0.2) is 0 Å². The molecule has 0 spiro atoms. The molecule has 0 heterocycles. The molecule has 0 fully saturated rings. The lowest BCUT2D eigenvalue weighted by Gasteiger charge is -2.23. The molecular weight excluding hydrogens is 239 g/mol. The van der Waals surface area contributed by atoms with Crippen molar-refractivity contribution in [2.75, 3.05) is 0 Å². The van der Waals surface area contributed by atoms with Crippen molar-refractivity contribution in [1.29, 1.82) is 0 Å². The van der Waals surface area contributed by atoms with Crippen molar-refractivity contribution in [3.05, 3.63) is 33.8 Å². The van der Waals surface area contributed by atoms with Gasteiger partial charge in [0.25, 0.3) is 0 Å². The molecule has 0 nitrogen and oxygen atoms in total. The molecule has 0 aliphatic carbocycles. The molecule has 0 aliphatic rings. The van der Waals surface area contributed by atoms with Crippen molar-refractivity contribution in [2.24, 2.45) is 11.8 Å². The molecule has 90 valence electrons. The van der Waals surface area contributed by atoms with Gasteiger partial charge in [-0.15, -0.1) is 0 Å². The summed E-state index contributed by atoms with van der Waals surface area (Å²) in [5, 5.41) is 1.30. The molecule has 0 aromatic heterocycles. The summed E-state index contributed by atoms with van der Waals surface area (Å²) >= 11 is 12.0. The zero-order valence-corrected chi connectivity index (χ0v) is 11.9. The van der Waals surface area contributed by atoms with Gasteiger partial charge in [0.2, 0.25) is 0 Å².